The Balaban J connectivity index is 1.80. The van der Waals surface area contributed by atoms with Gasteiger partial charge in [0.25, 0.3) is 10.1 Å². The average molecular weight is 586 g/mol. The Hall–Kier alpha value is -4.48. The summed E-state index contributed by atoms with van der Waals surface area (Å²) in [6, 6.07) is 6.73. The smallest absolute Gasteiger partial charge is 0.335 e. The van der Waals surface area contributed by atoms with Crippen molar-refractivity contribution in [3.05, 3.63) is 82.0 Å². The number of benzene rings is 2. The van der Waals surface area contributed by atoms with Gasteiger partial charge in [0.15, 0.2) is 11.4 Å². The van der Waals surface area contributed by atoms with Gasteiger partial charge in [0.2, 0.25) is 16.0 Å². The topological polar surface area (TPSA) is 188 Å². The first-order valence-corrected chi connectivity index (χ1v) is 14.3. The van der Waals surface area contributed by atoms with Gasteiger partial charge in [-0.05, 0) is 36.2 Å². The lowest BCUT2D eigenvalue weighted by molar-refractivity contribution is 0.0695. The molecule has 0 radical (unpaired) electrons. The molecule has 14 nitrogen and oxygen atoms in total. The number of aryl methyl sites for hydroxylation is 1. The van der Waals surface area contributed by atoms with Crippen LogP contribution in [0.4, 0.5) is 17.3 Å². The molecule has 0 fully saturated rings. The lowest BCUT2D eigenvalue weighted by atomic mass is 10.0. The van der Waals surface area contributed by atoms with Crippen LogP contribution in [-0.4, -0.2) is 68.1 Å². The number of aromatic carboxylic acids is 1. The van der Waals surface area contributed by atoms with Crippen molar-refractivity contribution in [3.63, 3.8) is 0 Å². The van der Waals surface area contributed by atoms with E-state index in [4.69, 9.17) is 13.1 Å². The van der Waals surface area contributed by atoms with Gasteiger partial charge in [-0.25, -0.2) is 22.9 Å². The zero-order chi connectivity index (χ0) is 29.7. The minimum atomic E-state index is -4.58. The number of nitrogens with one attached hydrogen (secondary N) is 1. The number of hydrogen-bond donors (Lipinski definition) is 3. The van der Waals surface area contributed by atoms with Gasteiger partial charge in [0.05, 0.1) is 28.5 Å². The van der Waals surface area contributed by atoms with E-state index in [1.807, 2.05) is 0 Å². The van der Waals surface area contributed by atoms with Gasteiger partial charge in [-0.2, -0.15) is 18.4 Å². The van der Waals surface area contributed by atoms with Gasteiger partial charge in [0.1, 0.15) is 11.6 Å². The van der Waals surface area contributed by atoms with Crippen molar-refractivity contribution < 1.29 is 31.3 Å². The van der Waals surface area contributed by atoms with Gasteiger partial charge < -0.3 is 10.0 Å². The van der Waals surface area contributed by atoms with E-state index in [1.54, 1.807) is 19.0 Å². The molecule has 0 aliphatic rings. The maximum absolute atomic E-state index is 12.6. The van der Waals surface area contributed by atoms with E-state index in [0.29, 0.717) is 0 Å². The molecule has 0 amide bonds. The van der Waals surface area contributed by atoms with Crippen molar-refractivity contribution in [2.24, 2.45) is 0 Å². The highest BCUT2D eigenvalue weighted by Gasteiger charge is 2.19. The molecular weight excluding hydrogens is 562 g/mol. The number of carbonyl (C=O) groups is 1. The summed E-state index contributed by atoms with van der Waals surface area (Å²) in [7, 11) is -5.19. The fourth-order valence-corrected chi connectivity index (χ4v) is 5.12. The van der Waals surface area contributed by atoms with E-state index in [2.05, 4.69) is 29.4 Å². The normalized spacial score (nSPS) is 11.4. The summed E-state index contributed by atoms with van der Waals surface area (Å²) in [5.41, 5.74) is -0.155. The Morgan fingerprint density at radius 2 is 1.60 bits per heavy atom. The van der Waals surface area contributed by atoms with Crippen LogP contribution in [0.5, 0.6) is 0 Å². The van der Waals surface area contributed by atoms with Gasteiger partial charge in [0, 0.05) is 33.5 Å². The molecule has 0 saturated carbocycles. The Morgan fingerprint density at radius 1 is 0.950 bits per heavy atom. The van der Waals surface area contributed by atoms with Crippen LogP contribution in [0.2, 0.25) is 0 Å². The first-order chi connectivity index (χ1) is 18.7. The van der Waals surface area contributed by atoms with E-state index >= 15 is 0 Å². The number of hydrogen-bond acceptors (Lipinski definition) is 9. The maximum Gasteiger partial charge on any atom is 0.335 e. The number of carboxylic acid groups (broad SMARTS) is 1. The molecule has 0 aliphatic carbocycles. The molecular formula is C24H23N7O7S2. The molecule has 40 heavy (non-hydrogen) atoms. The Kier molecular flexibility index (Phi) is 9.13. The zero-order valence-corrected chi connectivity index (χ0v) is 22.9. The molecule has 0 unspecified atom stereocenters. The molecule has 0 atom stereocenters. The SMILES string of the molecule is [C-]#[N+]c1ccc(S(=O)(=O)NCCCc2nc(Cc3cc(S(=O)(=O)O)ccc3C(=O)O)nc(N(C)C)n2)cc1[N+]#[C-]. The molecule has 0 aliphatic heterocycles. The van der Waals surface area contributed by atoms with E-state index < -0.39 is 31.0 Å². The van der Waals surface area contributed by atoms with Crippen LogP contribution in [0.25, 0.3) is 9.69 Å². The van der Waals surface area contributed by atoms with Gasteiger partial charge in [-0.15, -0.1) is 0 Å². The first-order valence-electron chi connectivity index (χ1n) is 11.4. The average Bonchev–Trinajstić information content (AvgIpc) is 2.89. The molecule has 0 spiro atoms. The second kappa shape index (κ2) is 12.1. The maximum atomic E-state index is 12.6. The molecule has 208 valence electrons. The highest BCUT2D eigenvalue weighted by atomic mass is 32.2. The molecule has 0 bridgehead atoms. The summed E-state index contributed by atoms with van der Waals surface area (Å²) in [5.74, 6) is -0.642. The summed E-state index contributed by atoms with van der Waals surface area (Å²) in [6.45, 7) is 14.2. The van der Waals surface area contributed by atoms with E-state index in [0.717, 1.165) is 24.3 Å². The quantitative estimate of drug-likeness (QED) is 0.170. The van der Waals surface area contributed by atoms with Gasteiger partial charge in [-0.1, -0.05) is 12.1 Å². The highest BCUT2D eigenvalue weighted by molar-refractivity contribution is 7.89. The van der Waals surface area contributed by atoms with Crippen LogP contribution in [-0.2, 0) is 33.0 Å². The first kappa shape index (κ1) is 30.1. The lowest BCUT2D eigenvalue weighted by Crippen LogP contribution is -2.25. The fraction of sp³-hybridized carbons (Fsp3) is 0.250. The Labute approximate surface area is 230 Å². The highest BCUT2D eigenvalue weighted by Crippen LogP contribution is 2.30. The predicted molar refractivity (Wildman–Crippen MR) is 143 cm³/mol. The summed E-state index contributed by atoms with van der Waals surface area (Å²) in [6.07, 6.45) is 0.293. The largest absolute Gasteiger partial charge is 0.478 e. The van der Waals surface area contributed by atoms with Gasteiger partial charge >= 0.3 is 5.97 Å². The summed E-state index contributed by atoms with van der Waals surface area (Å²) >= 11 is 0. The fourth-order valence-electron chi connectivity index (χ4n) is 3.49. The number of nitrogens with zero attached hydrogens (tertiary/aromatic N) is 6. The van der Waals surface area contributed by atoms with Crippen molar-refractivity contribution >= 4 is 43.4 Å². The number of rotatable bonds is 11. The van der Waals surface area contributed by atoms with E-state index in [9.17, 15) is 31.3 Å². The minimum absolute atomic E-state index is 0.00185. The molecule has 0 saturated heterocycles. The molecule has 3 N–H and O–H groups in total. The van der Waals surface area contributed by atoms with Crippen LogP contribution < -0.4 is 9.62 Å². The van der Waals surface area contributed by atoms with Crippen molar-refractivity contribution in [1.29, 1.82) is 0 Å². The third-order valence-electron chi connectivity index (χ3n) is 5.44. The summed E-state index contributed by atoms with van der Waals surface area (Å²) in [4.78, 5) is 32.0. The van der Waals surface area contributed by atoms with Crippen molar-refractivity contribution in [2.45, 2.75) is 29.1 Å². The molecule has 1 aromatic heterocycles. The van der Waals surface area contributed by atoms with E-state index in [1.165, 1.54) is 12.1 Å². The van der Waals surface area contributed by atoms with Crippen LogP contribution in [0, 0.1) is 13.1 Å². The predicted octanol–water partition coefficient (Wildman–Crippen LogP) is 2.49. The summed E-state index contributed by atoms with van der Waals surface area (Å²) < 4.78 is 60.2. The second-order valence-corrected chi connectivity index (χ2v) is 11.7. The Bertz CT molecular complexity index is 1760. The number of anilines is 1. The number of sulfonamides is 1. The van der Waals surface area contributed by atoms with E-state index in [-0.39, 0.29) is 70.8 Å². The molecule has 1 heterocycles. The van der Waals surface area contributed by atoms with Crippen LogP contribution in [0.3, 0.4) is 0 Å². The van der Waals surface area contributed by atoms with Crippen LogP contribution in [0.1, 0.15) is 34.0 Å². The van der Waals surface area contributed by atoms with Crippen LogP contribution in [0.15, 0.2) is 46.2 Å². The molecule has 2 aromatic carbocycles. The van der Waals surface area contributed by atoms with Crippen molar-refractivity contribution in [3.8, 4) is 0 Å². The zero-order valence-electron chi connectivity index (χ0n) is 21.2. The summed E-state index contributed by atoms with van der Waals surface area (Å²) in [5, 5.41) is 9.52. The Morgan fingerprint density at radius 3 is 2.20 bits per heavy atom. The monoisotopic (exact) mass is 585 g/mol. The second-order valence-electron chi connectivity index (χ2n) is 8.51. The number of aromatic nitrogens is 3. The van der Waals surface area contributed by atoms with Crippen molar-refractivity contribution in [2.75, 3.05) is 25.5 Å². The third kappa shape index (κ3) is 7.33. The molecule has 3 aromatic rings. The molecule has 16 heteroatoms. The van der Waals surface area contributed by atoms with Gasteiger partial charge in [-0.3, -0.25) is 14.2 Å². The third-order valence-corrected chi connectivity index (χ3v) is 7.75. The van der Waals surface area contributed by atoms with Crippen LogP contribution >= 0.6 is 0 Å². The molecule has 3 rings (SSSR count). The lowest BCUT2D eigenvalue weighted by Gasteiger charge is -2.14. The standard InChI is InChI=1S/C24H23N7O7S2/c1-25-19-10-8-16(14-20(19)26-2)39(34,35)27-11-5-6-21-28-22(30-24(29-21)31(3)4)13-15-12-17(40(36,37)38)7-9-18(15)23(32)33/h7-10,12,14,27H,5-6,11,13H2,3-4H3,(H,32,33)(H,36,37,38). The van der Waals surface area contributed by atoms with Crippen molar-refractivity contribution in [1.82, 2.24) is 19.7 Å². The minimum Gasteiger partial charge on any atom is -0.478 e. The number of carboxylic acids is 1.